The average molecular weight is 174 g/mol. The molecule has 5 heteroatoms. The molecule has 1 aromatic rings. The molecule has 0 saturated carbocycles. The van der Waals surface area contributed by atoms with Crippen LogP contribution in [0.5, 0.6) is 0 Å². The fourth-order valence-corrected chi connectivity index (χ4v) is 0.765. The van der Waals surface area contributed by atoms with Gasteiger partial charge in [-0.2, -0.15) is 5.10 Å². The molecule has 0 bridgehead atoms. The van der Waals surface area contributed by atoms with Crippen LogP contribution >= 0.6 is 11.6 Å². The van der Waals surface area contributed by atoms with E-state index in [0.717, 1.165) is 0 Å². The SMILES string of the molecule is Cn1cnn(C/C=C/Cl)c1=O. The molecule has 0 spiro atoms. The van der Waals surface area contributed by atoms with E-state index < -0.39 is 0 Å². The van der Waals surface area contributed by atoms with Gasteiger partial charge in [0.1, 0.15) is 6.33 Å². The van der Waals surface area contributed by atoms with Crippen LogP contribution in [0.2, 0.25) is 0 Å². The molecule has 0 aliphatic carbocycles. The van der Waals surface area contributed by atoms with Crippen molar-refractivity contribution in [1.82, 2.24) is 14.3 Å². The fourth-order valence-electron chi connectivity index (χ4n) is 0.686. The Labute approximate surface area is 68.7 Å². The normalized spacial score (nSPS) is 11.1. The first-order valence-electron chi connectivity index (χ1n) is 3.09. The second-order valence-corrected chi connectivity index (χ2v) is 2.32. The molecule has 0 amide bonds. The standard InChI is InChI=1S/C6H8ClN3O/c1-9-5-8-10(6(9)11)4-2-3-7/h2-3,5H,4H2,1H3/b3-2+. The summed E-state index contributed by atoms with van der Waals surface area (Å²) in [5, 5.41) is 3.81. The number of aromatic nitrogens is 3. The Kier molecular flexibility index (Phi) is 2.48. The Balaban J connectivity index is 2.87. The highest BCUT2D eigenvalue weighted by molar-refractivity contribution is 6.25. The third-order valence-electron chi connectivity index (χ3n) is 1.25. The highest BCUT2D eigenvalue weighted by Crippen LogP contribution is 1.81. The van der Waals surface area contributed by atoms with Crippen LogP contribution in [0.1, 0.15) is 0 Å². The molecule has 0 aliphatic heterocycles. The first-order chi connectivity index (χ1) is 5.25. The van der Waals surface area contributed by atoms with Gasteiger partial charge in [-0.15, -0.1) is 0 Å². The Hall–Kier alpha value is -1.03. The van der Waals surface area contributed by atoms with Gasteiger partial charge < -0.3 is 0 Å². The van der Waals surface area contributed by atoms with Gasteiger partial charge in [-0.3, -0.25) is 4.57 Å². The van der Waals surface area contributed by atoms with Crippen LogP contribution in [-0.4, -0.2) is 14.3 Å². The van der Waals surface area contributed by atoms with E-state index in [0.29, 0.717) is 6.54 Å². The highest BCUT2D eigenvalue weighted by atomic mass is 35.5. The van der Waals surface area contributed by atoms with Gasteiger partial charge in [0.2, 0.25) is 0 Å². The molecule has 1 heterocycles. The zero-order valence-corrected chi connectivity index (χ0v) is 6.82. The maximum Gasteiger partial charge on any atom is 0.345 e. The Bertz CT molecular complexity index is 312. The van der Waals surface area contributed by atoms with Crippen LogP contribution in [-0.2, 0) is 13.6 Å². The zero-order chi connectivity index (χ0) is 8.27. The second kappa shape index (κ2) is 3.39. The lowest BCUT2D eigenvalue weighted by Crippen LogP contribution is -2.22. The van der Waals surface area contributed by atoms with Crippen LogP contribution in [0.25, 0.3) is 0 Å². The smallest absolute Gasteiger partial charge is 0.285 e. The van der Waals surface area contributed by atoms with E-state index in [1.54, 1.807) is 13.1 Å². The van der Waals surface area contributed by atoms with Crippen LogP contribution in [0, 0.1) is 0 Å². The molecule has 0 atom stereocenters. The predicted octanol–water partition coefficient (Wildman–Crippen LogP) is 0.334. The van der Waals surface area contributed by atoms with E-state index in [2.05, 4.69) is 5.10 Å². The summed E-state index contributed by atoms with van der Waals surface area (Å²) >= 11 is 5.28. The van der Waals surface area contributed by atoms with Gasteiger partial charge in [0.05, 0.1) is 6.54 Å². The number of aryl methyl sites for hydroxylation is 1. The van der Waals surface area contributed by atoms with Crippen molar-refractivity contribution in [3.05, 3.63) is 28.4 Å². The van der Waals surface area contributed by atoms with Crippen LogP contribution in [0.15, 0.2) is 22.7 Å². The molecular formula is C6H8ClN3O. The maximum atomic E-state index is 11.1. The van der Waals surface area contributed by atoms with Crippen LogP contribution in [0.3, 0.4) is 0 Å². The molecule has 0 radical (unpaired) electrons. The van der Waals surface area contributed by atoms with E-state index in [1.165, 1.54) is 21.1 Å². The summed E-state index contributed by atoms with van der Waals surface area (Å²) in [7, 11) is 1.65. The Morgan fingerprint density at radius 1 is 1.82 bits per heavy atom. The molecule has 0 N–H and O–H groups in total. The van der Waals surface area contributed by atoms with Gasteiger partial charge in [-0.05, 0) is 0 Å². The molecule has 11 heavy (non-hydrogen) atoms. The number of halogens is 1. The van der Waals surface area contributed by atoms with Gasteiger partial charge in [-0.25, -0.2) is 9.48 Å². The van der Waals surface area contributed by atoms with Crippen molar-refractivity contribution >= 4 is 11.6 Å². The zero-order valence-electron chi connectivity index (χ0n) is 6.07. The monoisotopic (exact) mass is 173 g/mol. The quantitative estimate of drug-likeness (QED) is 0.647. The molecule has 0 aromatic carbocycles. The van der Waals surface area contributed by atoms with Crippen LogP contribution < -0.4 is 5.69 Å². The van der Waals surface area contributed by atoms with Gasteiger partial charge in [0.25, 0.3) is 0 Å². The lowest BCUT2D eigenvalue weighted by Gasteiger charge is -1.89. The number of hydrogen-bond donors (Lipinski definition) is 0. The number of nitrogens with zero attached hydrogens (tertiary/aromatic N) is 3. The summed E-state index contributed by atoms with van der Waals surface area (Å²) in [6.45, 7) is 0.420. The van der Waals surface area contributed by atoms with E-state index >= 15 is 0 Å². The van der Waals surface area contributed by atoms with E-state index in [9.17, 15) is 4.79 Å². The molecule has 0 fully saturated rings. The van der Waals surface area contributed by atoms with Gasteiger partial charge in [0.15, 0.2) is 0 Å². The van der Waals surface area contributed by atoms with Crippen molar-refractivity contribution in [2.45, 2.75) is 6.54 Å². The minimum Gasteiger partial charge on any atom is -0.285 e. The van der Waals surface area contributed by atoms with Crippen molar-refractivity contribution in [3.8, 4) is 0 Å². The lowest BCUT2D eigenvalue weighted by molar-refractivity contribution is 0.659. The minimum atomic E-state index is -0.139. The van der Waals surface area contributed by atoms with Crippen molar-refractivity contribution in [2.24, 2.45) is 7.05 Å². The molecule has 1 rings (SSSR count). The number of hydrogen-bond acceptors (Lipinski definition) is 2. The van der Waals surface area contributed by atoms with Crippen molar-refractivity contribution in [1.29, 1.82) is 0 Å². The van der Waals surface area contributed by atoms with Crippen molar-refractivity contribution in [2.75, 3.05) is 0 Å². The summed E-state index contributed by atoms with van der Waals surface area (Å²) in [5.74, 6) is 0. The summed E-state index contributed by atoms with van der Waals surface area (Å²) < 4.78 is 2.72. The molecule has 0 unspecified atom stereocenters. The summed E-state index contributed by atoms with van der Waals surface area (Å²) in [6, 6.07) is 0. The lowest BCUT2D eigenvalue weighted by atomic mass is 10.6. The number of rotatable bonds is 2. The summed E-state index contributed by atoms with van der Waals surface area (Å²) in [6.07, 6.45) is 3.11. The van der Waals surface area contributed by atoms with Gasteiger partial charge in [0, 0.05) is 12.6 Å². The second-order valence-electron chi connectivity index (χ2n) is 2.07. The first-order valence-corrected chi connectivity index (χ1v) is 3.53. The molecule has 60 valence electrons. The molecule has 0 saturated heterocycles. The molecule has 4 nitrogen and oxygen atoms in total. The van der Waals surface area contributed by atoms with E-state index in [1.807, 2.05) is 0 Å². The first kappa shape index (κ1) is 8.07. The summed E-state index contributed by atoms with van der Waals surface area (Å²) in [4.78, 5) is 11.1. The van der Waals surface area contributed by atoms with Crippen molar-refractivity contribution in [3.63, 3.8) is 0 Å². The highest BCUT2D eigenvalue weighted by Gasteiger charge is 1.96. The molecule has 0 aliphatic rings. The minimum absolute atomic E-state index is 0.139. The molecule has 1 aromatic heterocycles. The largest absolute Gasteiger partial charge is 0.345 e. The van der Waals surface area contributed by atoms with Crippen LogP contribution in [0.4, 0.5) is 0 Å². The number of allylic oxidation sites excluding steroid dienone is 1. The Morgan fingerprint density at radius 2 is 2.55 bits per heavy atom. The van der Waals surface area contributed by atoms with E-state index in [-0.39, 0.29) is 5.69 Å². The van der Waals surface area contributed by atoms with E-state index in [4.69, 9.17) is 11.6 Å². The third-order valence-corrected chi connectivity index (χ3v) is 1.43. The van der Waals surface area contributed by atoms with Gasteiger partial charge >= 0.3 is 5.69 Å². The van der Waals surface area contributed by atoms with Gasteiger partial charge in [-0.1, -0.05) is 17.7 Å². The van der Waals surface area contributed by atoms with Crippen molar-refractivity contribution < 1.29 is 0 Å². The Morgan fingerprint density at radius 3 is 3.00 bits per heavy atom. The summed E-state index contributed by atoms with van der Waals surface area (Å²) in [5.41, 5.74) is 1.22. The average Bonchev–Trinajstić information content (AvgIpc) is 2.31. The predicted molar refractivity (Wildman–Crippen MR) is 42.5 cm³/mol. The molecular weight excluding hydrogens is 166 g/mol. The fraction of sp³-hybridized carbons (Fsp3) is 0.333. The maximum absolute atomic E-state index is 11.1. The topological polar surface area (TPSA) is 39.8 Å². The third kappa shape index (κ3) is 1.71.